The van der Waals surface area contributed by atoms with Crippen LogP contribution in [0.25, 0.3) is 0 Å². The number of halogens is 1. The topological polar surface area (TPSA) is 59.0 Å². The molecule has 2 fully saturated rings. The second kappa shape index (κ2) is 8.44. The smallest absolute Gasteiger partial charge is 0.225 e. The standard InChI is InChI=1S/C21H28N4O.ClH/c1-25-15-16(12-23-25)18-13-22-14-19(18)20(26)24-21(10-6-3-7-11-21)17-8-4-2-5-9-17;/h2,4-5,8-9,12,15,18-19,22H,3,6-7,10-11,13-14H2,1H3,(H,24,26);1H/t18-,19+;/m1./s1. The second-order valence-electron chi connectivity index (χ2n) is 7.82. The van der Waals surface area contributed by atoms with Crippen molar-refractivity contribution in [2.45, 2.75) is 43.6 Å². The average Bonchev–Trinajstić information content (AvgIpc) is 3.32. The summed E-state index contributed by atoms with van der Waals surface area (Å²) in [5.41, 5.74) is 2.19. The molecule has 1 amide bonds. The number of aromatic nitrogens is 2. The number of hydrogen-bond donors (Lipinski definition) is 2. The SMILES string of the molecule is Cl.Cn1cc([C@H]2CNC[C@@H]2C(=O)NC2(c3ccccc3)CCCCC2)cn1. The summed E-state index contributed by atoms with van der Waals surface area (Å²) in [7, 11) is 1.92. The van der Waals surface area contributed by atoms with E-state index in [4.69, 9.17) is 0 Å². The van der Waals surface area contributed by atoms with Gasteiger partial charge in [-0.2, -0.15) is 5.10 Å². The van der Waals surface area contributed by atoms with E-state index in [9.17, 15) is 4.79 Å². The number of aryl methyl sites for hydroxylation is 1. The first-order valence-corrected chi connectivity index (χ1v) is 9.75. The van der Waals surface area contributed by atoms with Crippen molar-refractivity contribution in [3.8, 4) is 0 Å². The summed E-state index contributed by atoms with van der Waals surface area (Å²) in [6.45, 7) is 1.57. The molecule has 4 rings (SSSR count). The largest absolute Gasteiger partial charge is 0.346 e. The van der Waals surface area contributed by atoms with Crippen LogP contribution < -0.4 is 10.6 Å². The van der Waals surface area contributed by atoms with E-state index in [1.165, 1.54) is 24.8 Å². The Balaban J connectivity index is 0.00000210. The molecular formula is C21H29ClN4O. The van der Waals surface area contributed by atoms with E-state index in [-0.39, 0.29) is 35.7 Å². The van der Waals surface area contributed by atoms with Gasteiger partial charge in [-0.25, -0.2) is 0 Å². The summed E-state index contributed by atoms with van der Waals surface area (Å²) in [5, 5.41) is 11.2. The molecule has 1 aliphatic carbocycles. The van der Waals surface area contributed by atoms with Gasteiger partial charge < -0.3 is 10.6 Å². The van der Waals surface area contributed by atoms with E-state index in [1.807, 2.05) is 30.2 Å². The molecule has 27 heavy (non-hydrogen) atoms. The Kier molecular flexibility index (Phi) is 6.22. The molecule has 2 N–H and O–H groups in total. The van der Waals surface area contributed by atoms with Crippen LogP contribution in [0, 0.1) is 5.92 Å². The van der Waals surface area contributed by atoms with Crippen molar-refractivity contribution in [1.82, 2.24) is 20.4 Å². The minimum absolute atomic E-state index is 0. The summed E-state index contributed by atoms with van der Waals surface area (Å²) in [4.78, 5) is 13.3. The monoisotopic (exact) mass is 388 g/mol. The van der Waals surface area contributed by atoms with Gasteiger partial charge in [0.15, 0.2) is 0 Å². The third kappa shape index (κ3) is 4.04. The van der Waals surface area contributed by atoms with Gasteiger partial charge >= 0.3 is 0 Å². The van der Waals surface area contributed by atoms with E-state index in [1.54, 1.807) is 0 Å². The third-order valence-electron chi connectivity index (χ3n) is 6.10. The summed E-state index contributed by atoms with van der Waals surface area (Å²) >= 11 is 0. The fourth-order valence-electron chi connectivity index (χ4n) is 4.66. The quantitative estimate of drug-likeness (QED) is 0.846. The Labute approximate surface area is 167 Å². The van der Waals surface area contributed by atoms with E-state index in [0.29, 0.717) is 0 Å². The van der Waals surface area contributed by atoms with E-state index < -0.39 is 0 Å². The van der Waals surface area contributed by atoms with Crippen LogP contribution in [0.3, 0.4) is 0 Å². The molecule has 0 unspecified atom stereocenters. The van der Waals surface area contributed by atoms with Crippen LogP contribution in [0.15, 0.2) is 42.7 Å². The number of carbonyl (C=O) groups excluding carboxylic acids is 1. The van der Waals surface area contributed by atoms with Crippen LogP contribution in [0.1, 0.15) is 49.1 Å². The summed E-state index contributed by atoms with van der Waals surface area (Å²) < 4.78 is 1.81. The zero-order valence-corrected chi connectivity index (χ0v) is 16.7. The first-order chi connectivity index (χ1) is 12.7. The molecule has 2 atom stereocenters. The van der Waals surface area contributed by atoms with E-state index in [2.05, 4.69) is 40.0 Å². The summed E-state index contributed by atoms with van der Waals surface area (Å²) in [6, 6.07) is 10.5. The zero-order valence-electron chi connectivity index (χ0n) is 15.9. The molecule has 1 aliphatic heterocycles. The minimum atomic E-state index is -0.210. The fraction of sp³-hybridized carbons (Fsp3) is 0.524. The van der Waals surface area contributed by atoms with Crippen molar-refractivity contribution in [2.75, 3.05) is 13.1 Å². The highest BCUT2D eigenvalue weighted by Crippen LogP contribution is 2.38. The molecule has 0 spiro atoms. The molecular weight excluding hydrogens is 360 g/mol. The third-order valence-corrected chi connectivity index (χ3v) is 6.10. The molecule has 0 radical (unpaired) electrons. The molecule has 146 valence electrons. The Bertz CT molecular complexity index is 755. The molecule has 2 heterocycles. The number of carbonyl (C=O) groups is 1. The van der Waals surface area contributed by atoms with Crippen LogP contribution in [-0.4, -0.2) is 28.8 Å². The van der Waals surface area contributed by atoms with Crippen LogP contribution in [0.4, 0.5) is 0 Å². The molecule has 1 saturated heterocycles. The van der Waals surface area contributed by atoms with Gasteiger partial charge in [0, 0.05) is 32.3 Å². The van der Waals surface area contributed by atoms with E-state index >= 15 is 0 Å². The lowest BCUT2D eigenvalue weighted by molar-refractivity contribution is -0.127. The number of hydrogen-bond acceptors (Lipinski definition) is 3. The van der Waals surface area contributed by atoms with Crippen LogP contribution in [-0.2, 0) is 17.4 Å². The molecule has 1 saturated carbocycles. The zero-order chi connectivity index (χ0) is 18.0. The Morgan fingerprint density at radius 2 is 1.93 bits per heavy atom. The van der Waals surface area contributed by atoms with Gasteiger partial charge in [-0.05, 0) is 24.0 Å². The van der Waals surface area contributed by atoms with Crippen molar-refractivity contribution in [3.63, 3.8) is 0 Å². The predicted molar refractivity (Wildman–Crippen MR) is 109 cm³/mol. The van der Waals surface area contributed by atoms with Gasteiger partial charge in [-0.1, -0.05) is 49.6 Å². The van der Waals surface area contributed by atoms with Gasteiger partial charge in [-0.15, -0.1) is 12.4 Å². The molecule has 2 aliphatic rings. The lowest BCUT2D eigenvalue weighted by Gasteiger charge is -2.40. The van der Waals surface area contributed by atoms with Crippen molar-refractivity contribution in [3.05, 3.63) is 53.9 Å². The Morgan fingerprint density at radius 3 is 2.59 bits per heavy atom. The van der Waals surface area contributed by atoms with Crippen LogP contribution in [0.5, 0.6) is 0 Å². The minimum Gasteiger partial charge on any atom is -0.346 e. The number of amides is 1. The Hall–Kier alpha value is -1.85. The molecule has 2 aromatic rings. The molecule has 1 aromatic carbocycles. The lowest BCUT2D eigenvalue weighted by atomic mass is 9.76. The highest BCUT2D eigenvalue weighted by molar-refractivity contribution is 5.85. The van der Waals surface area contributed by atoms with Gasteiger partial charge in [0.05, 0.1) is 17.7 Å². The molecule has 5 nitrogen and oxygen atoms in total. The first-order valence-electron chi connectivity index (χ1n) is 9.75. The van der Waals surface area contributed by atoms with Gasteiger partial charge in [0.1, 0.15) is 0 Å². The van der Waals surface area contributed by atoms with Crippen LogP contribution in [0.2, 0.25) is 0 Å². The maximum absolute atomic E-state index is 13.3. The first kappa shape index (κ1) is 19.9. The number of rotatable bonds is 4. The Morgan fingerprint density at radius 1 is 1.19 bits per heavy atom. The summed E-state index contributed by atoms with van der Waals surface area (Å²) in [5.74, 6) is 0.330. The van der Waals surface area contributed by atoms with Gasteiger partial charge in [0.25, 0.3) is 0 Å². The normalized spacial score (nSPS) is 24.2. The molecule has 1 aromatic heterocycles. The second-order valence-corrected chi connectivity index (χ2v) is 7.82. The highest BCUT2D eigenvalue weighted by Gasteiger charge is 2.40. The average molecular weight is 389 g/mol. The van der Waals surface area contributed by atoms with Gasteiger partial charge in [0.2, 0.25) is 5.91 Å². The van der Waals surface area contributed by atoms with Crippen molar-refractivity contribution in [2.24, 2.45) is 13.0 Å². The molecule has 6 heteroatoms. The lowest BCUT2D eigenvalue weighted by Crippen LogP contribution is -2.50. The highest BCUT2D eigenvalue weighted by atomic mass is 35.5. The number of nitrogens with one attached hydrogen (secondary N) is 2. The number of nitrogens with zero attached hydrogens (tertiary/aromatic N) is 2. The van der Waals surface area contributed by atoms with Crippen molar-refractivity contribution in [1.29, 1.82) is 0 Å². The van der Waals surface area contributed by atoms with Crippen molar-refractivity contribution < 1.29 is 4.79 Å². The van der Waals surface area contributed by atoms with Crippen LogP contribution >= 0.6 is 12.4 Å². The fourth-order valence-corrected chi connectivity index (χ4v) is 4.66. The summed E-state index contributed by atoms with van der Waals surface area (Å²) in [6.07, 6.45) is 9.58. The van der Waals surface area contributed by atoms with E-state index in [0.717, 1.165) is 31.5 Å². The number of benzene rings is 1. The predicted octanol–water partition coefficient (Wildman–Crippen LogP) is 3.12. The maximum Gasteiger partial charge on any atom is 0.225 e. The van der Waals surface area contributed by atoms with Gasteiger partial charge in [-0.3, -0.25) is 9.48 Å². The van der Waals surface area contributed by atoms with Crippen molar-refractivity contribution >= 4 is 18.3 Å². The maximum atomic E-state index is 13.3. The molecule has 0 bridgehead atoms.